The van der Waals surface area contributed by atoms with E-state index in [0.717, 1.165) is 36.2 Å². The fraction of sp³-hybridized carbons (Fsp3) is 0.500. The Bertz CT molecular complexity index is 681. The minimum absolute atomic E-state index is 0. The number of rotatable bonds is 2. The Morgan fingerprint density at radius 1 is 1.45 bits per heavy atom. The topological polar surface area (TPSA) is 67.2 Å². The van der Waals surface area contributed by atoms with Crippen molar-refractivity contribution < 1.29 is 9.21 Å². The molecule has 22 heavy (non-hydrogen) atoms. The van der Waals surface area contributed by atoms with Crippen LogP contribution < -0.4 is 10.6 Å². The second kappa shape index (κ2) is 6.26. The van der Waals surface area contributed by atoms with Crippen LogP contribution in [0.4, 0.5) is 5.69 Å². The molecule has 120 valence electrons. The average Bonchev–Trinajstić information content (AvgIpc) is 2.77. The lowest BCUT2D eigenvalue weighted by Gasteiger charge is -2.38. The van der Waals surface area contributed by atoms with E-state index in [1.54, 1.807) is 0 Å². The molecule has 5 nitrogen and oxygen atoms in total. The molecule has 0 saturated carbocycles. The zero-order chi connectivity index (χ0) is 15.0. The Morgan fingerprint density at radius 2 is 2.23 bits per heavy atom. The summed E-state index contributed by atoms with van der Waals surface area (Å²) in [6, 6.07) is 5.37. The lowest BCUT2D eigenvalue weighted by molar-refractivity contribution is -0.121. The fourth-order valence-electron chi connectivity index (χ4n) is 2.99. The highest BCUT2D eigenvalue weighted by Crippen LogP contribution is 2.31. The van der Waals surface area contributed by atoms with Crippen LogP contribution in [0.2, 0.25) is 0 Å². The van der Waals surface area contributed by atoms with E-state index in [1.165, 1.54) is 0 Å². The van der Waals surface area contributed by atoms with Crippen LogP contribution in [0.3, 0.4) is 0 Å². The van der Waals surface area contributed by atoms with Gasteiger partial charge >= 0.3 is 0 Å². The highest BCUT2D eigenvalue weighted by Gasteiger charge is 2.37. The maximum Gasteiger partial charge on any atom is 0.242 e. The summed E-state index contributed by atoms with van der Waals surface area (Å²) in [6.07, 6.45) is 2.17. The molecule has 1 aliphatic rings. The molecule has 0 aliphatic carbocycles. The Kier molecular flexibility index (Phi) is 4.78. The van der Waals surface area contributed by atoms with Crippen molar-refractivity contribution in [1.82, 2.24) is 10.3 Å². The smallest absolute Gasteiger partial charge is 0.242 e. The number of nitrogens with one attached hydrogen (secondary N) is 2. The van der Waals surface area contributed by atoms with Crippen molar-refractivity contribution in [2.24, 2.45) is 5.41 Å². The van der Waals surface area contributed by atoms with Gasteiger partial charge in [0.15, 0.2) is 11.5 Å². The molecule has 2 heterocycles. The van der Waals surface area contributed by atoms with Gasteiger partial charge in [0, 0.05) is 12.6 Å². The predicted octanol–water partition coefficient (Wildman–Crippen LogP) is 3.27. The van der Waals surface area contributed by atoms with Gasteiger partial charge < -0.3 is 15.1 Å². The Morgan fingerprint density at radius 3 is 2.95 bits per heavy atom. The molecular weight excluding hydrogens is 302 g/mol. The Labute approximate surface area is 136 Å². The second-order valence-corrected chi connectivity index (χ2v) is 6.38. The van der Waals surface area contributed by atoms with Gasteiger partial charge in [0.1, 0.15) is 5.52 Å². The quantitative estimate of drug-likeness (QED) is 0.890. The van der Waals surface area contributed by atoms with Crippen molar-refractivity contribution >= 4 is 35.1 Å². The molecule has 1 atom stereocenters. The van der Waals surface area contributed by atoms with Crippen molar-refractivity contribution in [3.05, 3.63) is 24.1 Å². The van der Waals surface area contributed by atoms with Gasteiger partial charge in [-0.2, -0.15) is 0 Å². The third-order valence-electron chi connectivity index (χ3n) is 4.15. The molecule has 0 radical (unpaired) electrons. The lowest BCUT2D eigenvalue weighted by atomic mass is 9.77. The first-order chi connectivity index (χ1) is 9.95. The van der Waals surface area contributed by atoms with Crippen LogP contribution in [0.15, 0.2) is 22.6 Å². The lowest BCUT2D eigenvalue weighted by Crippen LogP contribution is -2.53. The minimum atomic E-state index is -0.166. The number of hydrogen-bond donors (Lipinski definition) is 2. The van der Waals surface area contributed by atoms with Crippen LogP contribution in [-0.2, 0) is 4.79 Å². The van der Waals surface area contributed by atoms with Crippen LogP contribution >= 0.6 is 12.4 Å². The van der Waals surface area contributed by atoms with Crippen LogP contribution in [0.25, 0.3) is 11.1 Å². The van der Waals surface area contributed by atoms with Crippen molar-refractivity contribution in [2.75, 3.05) is 11.9 Å². The van der Waals surface area contributed by atoms with Crippen molar-refractivity contribution in [2.45, 2.75) is 39.7 Å². The molecule has 1 aliphatic heterocycles. The van der Waals surface area contributed by atoms with Gasteiger partial charge in [-0.25, -0.2) is 4.98 Å². The van der Waals surface area contributed by atoms with Gasteiger partial charge in [-0.15, -0.1) is 12.4 Å². The minimum Gasteiger partial charge on any atom is -0.441 e. The number of nitrogens with zero attached hydrogens (tertiary/aromatic N) is 1. The summed E-state index contributed by atoms with van der Waals surface area (Å²) in [7, 11) is 0. The third kappa shape index (κ3) is 3.25. The van der Waals surface area contributed by atoms with E-state index in [0.29, 0.717) is 5.89 Å². The number of fused-ring (bicyclic) bond motifs is 1. The third-order valence-corrected chi connectivity index (χ3v) is 4.15. The standard InChI is InChI=1S/C16H21N3O2.ClH/c1-10-18-12-9-11(5-6-13(12)21-10)19-15(20)14-16(2,3)7-4-8-17-14;/h5-6,9,14,17H,4,7-8H2,1-3H3,(H,19,20);1H. The summed E-state index contributed by atoms with van der Waals surface area (Å²) >= 11 is 0. The maximum atomic E-state index is 12.5. The average molecular weight is 324 g/mol. The molecule has 1 aromatic heterocycles. The van der Waals surface area contributed by atoms with Crippen molar-refractivity contribution in [1.29, 1.82) is 0 Å². The monoisotopic (exact) mass is 323 g/mol. The Hall–Kier alpha value is -1.59. The van der Waals surface area contributed by atoms with Gasteiger partial charge in [0.05, 0.1) is 6.04 Å². The van der Waals surface area contributed by atoms with Gasteiger partial charge in [0.25, 0.3) is 0 Å². The zero-order valence-electron chi connectivity index (χ0n) is 13.1. The van der Waals surface area contributed by atoms with Gasteiger partial charge in [-0.1, -0.05) is 13.8 Å². The number of hydrogen-bond acceptors (Lipinski definition) is 4. The number of aromatic nitrogens is 1. The second-order valence-electron chi connectivity index (χ2n) is 6.38. The summed E-state index contributed by atoms with van der Waals surface area (Å²) < 4.78 is 5.44. The molecule has 1 fully saturated rings. The van der Waals surface area contributed by atoms with Crippen molar-refractivity contribution in [3.8, 4) is 0 Å². The van der Waals surface area contributed by atoms with Crippen LogP contribution in [0, 0.1) is 12.3 Å². The van der Waals surface area contributed by atoms with Gasteiger partial charge in [-0.05, 0) is 43.0 Å². The number of oxazole rings is 1. The van der Waals surface area contributed by atoms with Crippen LogP contribution in [0.5, 0.6) is 0 Å². The highest BCUT2D eigenvalue weighted by molar-refractivity contribution is 5.96. The Balaban J connectivity index is 0.00000176. The van der Waals surface area contributed by atoms with Gasteiger partial charge in [-0.3, -0.25) is 4.79 Å². The fourth-order valence-corrected chi connectivity index (χ4v) is 2.99. The number of aryl methyl sites for hydroxylation is 1. The number of anilines is 1. The number of amides is 1. The number of halogens is 1. The predicted molar refractivity (Wildman–Crippen MR) is 89.4 cm³/mol. The normalized spacial score (nSPS) is 20.4. The van der Waals surface area contributed by atoms with Gasteiger partial charge in [0.2, 0.25) is 5.91 Å². The van der Waals surface area contributed by atoms with Crippen molar-refractivity contribution in [3.63, 3.8) is 0 Å². The van der Waals surface area contributed by atoms with Crippen LogP contribution in [0.1, 0.15) is 32.6 Å². The molecule has 3 rings (SSSR count). The molecule has 1 aromatic carbocycles. The molecule has 1 unspecified atom stereocenters. The molecule has 1 amide bonds. The molecule has 0 bridgehead atoms. The first-order valence-corrected chi connectivity index (χ1v) is 7.37. The largest absolute Gasteiger partial charge is 0.441 e. The molecule has 6 heteroatoms. The number of carbonyl (C=O) groups excluding carboxylic acids is 1. The first-order valence-electron chi connectivity index (χ1n) is 7.37. The summed E-state index contributed by atoms with van der Waals surface area (Å²) in [5.74, 6) is 0.642. The van der Waals surface area contributed by atoms with E-state index < -0.39 is 0 Å². The highest BCUT2D eigenvalue weighted by atomic mass is 35.5. The van der Waals surface area contributed by atoms with E-state index in [-0.39, 0.29) is 29.8 Å². The van der Waals surface area contributed by atoms with E-state index in [2.05, 4.69) is 29.5 Å². The molecule has 0 spiro atoms. The zero-order valence-corrected chi connectivity index (χ0v) is 13.9. The summed E-state index contributed by atoms with van der Waals surface area (Å²) in [4.78, 5) is 16.8. The van der Waals surface area contributed by atoms with E-state index in [9.17, 15) is 4.79 Å². The SMILES string of the molecule is Cc1nc2cc(NC(=O)C3NCCCC3(C)C)ccc2o1.Cl. The van der Waals surface area contributed by atoms with E-state index in [4.69, 9.17) is 4.42 Å². The summed E-state index contributed by atoms with van der Waals surface area (Å²) in [5, 5.41) is 6.31. The summed E-state index contributed by atoms with van der Waals surface area (Å²) in [5.41, 5.74) is 2.23. The summed E-state index contributed by atoms with van der Waals surface area (Å²) in [6.45, 7) is 6.97. The maximum absolute atomic E-state index is 12.5. The van der Waals surface area contributed by atoms with E-state index in [1.807, 2.05) is 25.1 Å². The molecule has 2 N–H and O–H groups in total. The van der Waals surface area contributed by atoms with Crippen LogP contribution in [-0.4, -0.2) is 23.5 Å². The first kappa shape index (κ1) is 16.8. The molecule has 2 aromatic rings. The number of carbonyl (C=O) groups is 1. The van der Waals surface area contributed by atoms with E-state index >= 15 is 0 Å². The number of piperidine rings is 1. The number of benzene rings is 1. The molecule has 1 saturated heterocycles. The molecular formula is C16H22ClN3O2.